The first-order chi connectivity index (χ1) is 19.5. The highest BCUT2D eigenvalue weighted by Crippen LogP contribution is 2.29. The molecule has 206 valence electrons. The normalized spacial score (nSPS) is 17.5. The number of imidazole rings is 1. The summed E-state index contributed by atoms with van der Waals surface area (Å²) >= 11 is 1.21. The van der Waals surface area contributed by atoms with Gasteiger partial charge in [-0.25, -0.2) is 14.2 Å². The van der Waals surface area contributed by atoms with Gasteiger partial charge in [0.05, 0.1) is 36.3 Å². The summed E-state index contributed by atoms with van der Waals surface area (Å²) in [5.41, 5.74) is 1.48. The van der Waals surface area contributed by atoms with Crippen LogP contribution >= 0.6 is 11.3 Å². The Balaban J connectivity index is 1.08. The van der Waals surface area contributed by atoms with Crippen molar-refractivity contribution in [2.75, 3.05) is 37.7 Å². The van der Waals surface area contributed by atoms with Crippen molar-refractivity contribution in [1.82, 2.24) is 19.4 Å². The van der Waals surface area contributed by atoms with Gasteiger partial charge < -0.3 is 24.0 Å². The first kappa shape index (κ1) is 26.2. The van der Waals surface area contributed by atoms with Gasteiger partial charge in [-0.05, 0) is 30.7 Å². The molecule has 3 aromatic heterocycles. The quantitative estimate of drug-likeness (QED) is 0.324. The fourth-order valence-electron chi connectivity index (χ4n) is 4.90. The van der Waals surface area contributed by atoms with Gasteiger partial charge in [0, 0.05) is 44.4 Å². The van der Waals surface area contributed by atoms with Crippen molar-refractivity contribution < 1.29 is 23.8 Å². The van der Waals surface area contributed by atoms with Crippen molar-refractivity contribution in [2.45, 2.75) is 32.2 Å². The molecule has 2 aliphatic rings. The standard InChI is InChI=1S/C28H27FN6O4S/c29-21-12-18(14-30)4-5-19(21)17-39-26-3-1-2-24(31-26)34-9-7-33(8-10-34)16-25-32-27-22(13-23(40-27)28(36)37)35(25)15-20-6-11-38-20/h1-5,12-13,20H,6-11,15-17H2,(H,36,37)/t20-/m0/s1. The predicted molar refractivity (Wildman–Crippen MR) is 146 cm³/mol. The fraction of sp³-hybridized carbons (Fsp3) is 0.357. The Bertz CT molecular complexity index is 1590. The van der Waals surface area contributed by atoms with Crippen LogP contribution in [0.15, 0.2) is 42.5 Å². The van der Waals surface area contributed by atoms with E-state index in [1.54, 1.807) is 24.3 Å². The Morgan fingerprint density at radius 1 is 1.20 bits per heavy atom. The topological polar surface area (TPSA) is 117 Å². The second-order valence-electron chi connectivity index (χ2n) is 9.83. The smallest absolute Gasteiger partial charge is 0.346 e. The number of carboxylic acid groups (broad SMARTS) is 1. The largest absolute Gasteiger partial charge is 0.477 e. The van der Waals surface area contributed by atoms with Crippen LogP contribution in [0.25, 0.3) is 10.3 Å². The van der Waals surface area contributed by atoms with E-state index < -0.39 is 11.8 Å². The van der Waals surface area contributed by atoms with Gasteiger partial charge in [-0.3, -0.25) is 4.90 Å². The lowest BCUT2D eigenvalue weighted by Gasteiger charge is -2.35. The third kappa shape index (κ3) is 5.49. The summed E-state index contributed by atoms with van der Waals surface area (Å²) in [6.45, 7) is 5.27. The van der Waals surface area contributed by atoms with E-state index in [9.17, 15) is 14.3 Å². The fourth-order valence-corrected chi connectivity index (χ4v) is 5.80. The zero-order chi connectivity index (χ0) is 27.6. The number of fused-ring (bicyclic) bond motifs is 1. The van der Waals surface area contributed by atoms with Gasteiger partial charge in [0.1, 0.15) is 33.8 Å². The minimum absolute atomic E-state index is 0.0196. The predicted octanol–water partition coefficient (Wildman–Crippen LogP) is 3.89. The molecule has 0 unspecified atom stereocenters. The number of pyridine rings is 1. The van der Waals surface area contributed by atoms with Crippen LogP contribution < -0.4 is 9.64 Å². The first-order valence-electron chi connectivity index (χ1n) is 13.1. The SMILES string of the molecule is N#Cc1ccc(COc2cccc(N3CCN(Cc4nc5sc(C(=O)O)cc5n4C[C@@H]4CCO4)CC3)n2)c(F)c1. The van der Waals surface area contributed by atoms with Crippen molar-refractivity contribution in [3.63, 3.8) is 0 Å². The maximum absolute atomic E-state index is 14.2. The van der Waals surface area contributed by atoms with Crippen molar-refractivity contribution in [3.8, 4) is 11.9 Å². The molecule has 40 heavy (non-hydrogen) atoms. The van der Waals surface area contributed by atoms with Crippen LogP contribution in [0.5, 0.6) is 5.88 Å². The van der Waals surface area contributed by atoms with Crippen LogP contribution in [-0.4, -0.2) is 69.4 Å². The van der Waals surface area contributed by atoms with E-state index in [4.69, 9.17) is 19.7 Å². The lowest BCUT2D eigenvalue weighted by Crippen LogP contribution is -2.46. The van der Waals surface area contributed by atoms with Gasteiger partial charge in [0.15, 0.2) is 0 Å². The van der Waals surface area contributed by atoms with E-state index >= 15 is 0 Å². The number of halogens is 1. The minimum Gasteiger partial charge on any atom is -0.477 e. The van der Waals surface area contributed by atoms with Crippen LogP contribution in [0.4, 0.5) is 10.2 Å². The van der Waals surface area contributed by atoms with E-state index in [0.29, 0.717) is 29.4 Å². The van der Waals surface area contributed by atoms with Gasteiger partial charge >= 0.3 is 5.97 Å². The first-order valence-corrected chi connectivity index (χ1v) is 13.9. The molecule has 0 spiro atoms. The van der Waals surface area contributed by atoms with E-state index in [1.807, 2.05) is 18.2 Å². The Morgan fingerprint density at radius 3 is 2.73 bits per heavy atom. The molecule has 12 heteroatoms. The van der Waals surface area contributed by atoms with E-state index in [1.165, 1.54) is 17.4 Å². The average molecular weight is 563 g/mol. The van der Waals surface area contributed by atoms with Crippen molar-refractivity contribution in [2.24, 2.45) is 0 Å². The summed E-state index contributed by atoms with van der Waals surface area (Å²) in [6, 6.07) is 13.5. The summed E-state index contributed by atoms with van der Waals surface area (Å²) in [7, 11) is 0. The van der Waals surface area contributed by atoms with Crippen LogP contribution in [-0.2, 0) is 24.4 Å². The summed E-state index contributed by atoms with van der Waals surface area (Å²) in [5, 5.41) is 18.3. The molecule has 0 bridgehead atoms. The number of carboxylic acids is 1. The average Bonchev–Trinajstić information content (AvgIpc) is 3.49. The van der Waals surface area contributed by atoms with Crippen molar-refractivity contribution in [3.05, 3.63) is 70.1 Å². The molecule has 5 heterocycles. The van der Waals surface area contributed by atoms with Crippen LogP contribution in [0.1, 0.15) is 33.0 Å². The summed E-state index contributed by atoms with van der Waals surface area (Å²) < 4.78 is 27.7. The summed E-state index contributed by atoms with van der Waals surface area (Å²) in [6.07, 6.45) is 1.13. The second-order valence-corrected chi connectivity index (χ2v) is 10.9. The summed E-state index contributed by atoms with van der Waals surface area (Å²) in [4.78, 5) is 26.5. The molecule has 2 saturated heterocycles. The molecular formula is C28H27FN6O4S. The van der Waals surface area contributed by atoms with Crippen LogP contribution in [0.2, 0.25) is 0 Å². The molecule has 0 amide bonds. The van der Waals surface area contributed by atoms with Crippen LogP contribution in [0.3, 0.4) is 0 Å². The molecule has 2 fully saturated rings. The number of rotatable bonds is 9. The highest BCUT2D eigenvalue weighted by Gasteiger charge is 2.26. The number of nitrogens with zero attached hydrogens (tertiary/aromatic N) is 6. The maximum atomic E-state index is 14.2. The molecule has 6 rings (SSSR count). The Labute approximate surface area is 233 Å². The van der Waals surface area contributed by atoms with E-state index in [2.05, 4.69) is 19.4 Å². The molecule has 0 saturated carbocycles. The number of ether oxygens (including phenoxy) is 2. The molecule has 10 nitrogen and oxygen atoms in total. The summed E-state index contributed by atoms with van der Waals surface area (Å²) in [5.74, 6) is 0.712. The number of hydrogen-bond acceptors (Lipinski definition) is 9. The highest BCUT2D eigenvalue weighted by molar-refractivity contribution is 7.20. The van der Waals surface area contributed by atoms with Crippen molar-refractivity contribution >= 4 is 33.5 Å². The van der Waals surface area contributed by atoms with E-state index in [0.717, 1.165) is 61.2 Å². The molecule has 1 N–H and O–H groups in total. The number of piperazine rings is 1. The number of aromatic nitrogens is 3. The lowest BCUT2D eigenvalue weighted by molar-refractivity contribution is -0.0592. The van der Waals surface area contributed by atoms with Gasteiger partial charge in [0.25, 0.3) is 0 Å². The number of thiophene rings is 1. The molecule has 1 aromatic carbocycles. The number of benzene rings is 1. The Morgan fingerprint density at radius 2 is 2.02 bits per heavy atom. The Hall–Kier alpha value is -4.05. The number of anilines is 1. The molecule has 2 aliphatic heterocycles. The maximum Gasteiger partial charge on any atom is 0.346 e. The molecule has 1 atom stereocenters. The molecule has 0 aliphatic carbocycles. The third-order valence-electron chi connectivity index (χ3n) is 7.24. The van der Waals surface area contributed by atoms with E-state index in [-0.39, 0.29) is 18.3 Å². The van der Waals surface area contributed by atoms with Gasteiger partial charge in [-0.2, -0.15) is 10.2 Å². The third-order valence-corrected chi connectivity index (χ3v) is 8.25. The highest BCUT2D eigenvalue weighted by atomic mass is 32.1. The molecular weight excluding hydrogens is 535 g/mol. The van der Waals surface area contributed by atoms with Crippen molar-refractivity contribution in [1.29, 1.82) is 5.26 Å². The number of hydrogen-bond donors (Lipinski definition) is 1. The Kier molecular flexibility index (Phi) is 7.34. The van der Waals surface area contributed by atoms with Gasteiger partial charge in [-0.1, -0.05) is 12.1 Å². The lowest BCUT2D eigenvalue weighted by atomic mass is 10.1. The zero-order valence-corrected chi connectivity index (χ0v) is 22.4. The number of nitriles is 1. The second kappa shape index (κ2) is 11.2. The number of carbonyl (C=O) groups is 1. The molecule has 4 aromatic rings. The molecule has 0 radical (unpaired) electrons. The van der Waals surface area contributed by atoms with Gasteiger partial charge in [0.2, 0.25) is 5.88 Å². The zero-order valence-electron chi connectivity index (χ0n) is 21.6. The number of aromatic carboxylic acids is 1. The van der Waals surface area contributed by atoms with Gasteiger partial charge in [-0.15, -0.1) is 11.3 Å². The van der Waals surface area contributed by atoms with Crippen LogP contribution in [0, 0.1) is 17.1 Å². The minimum atomic E-state index is -0.934. The monoisotopic (exact) mass is 562 g/mol.